The van der Waals surface area contributed by atoms with Gasteiger partial charge < -0.3 is 4.74 Å². The Hall–Kier alpha value is -0.760. The van der Waals surface area contributed by atoms with Crippen molar-refractivity contribution >= 4 is 11.6 Å². The van der Waals surface area contributed by atoms with E-state index in [9.17, 15) is 4.39 Å². The monoisotopic (exact) mass is 408 g/mol. The summed E-state index contributed by atoms with van der Waals surface area (Å²) in [5.74, 6) is 3.61. The lowest BCUT2D eigenvalue weighted by molar-refractivity contribution is 0.141. The minimum absolute atomic E-state index is 0.253. The summed E-state index contributed by atoms with van der Waals surface area (Å²) in [6.45, 7) is 4.63. The van der Waals surface area contributed by atoms with E-state index in [-0.39, 0.29) is 10.8 Å². The molecule has 0 atom stereocenters. The number of ether oxygens (including phenoxy) is 1. The van der Waals surface area contributed by atoms with Crippen molar-refractivity contribution in [2.24, 2.45) is 23.7 Å². The Morgan fingerprint density at radius 3 is 2.00 bits per heavy atom. The predicted octanol–water partition coefficient (Wildman–Crippen LogP) is 8.22. The molecule has 1 nitrogen and oxygen atoms in total. The van der Waals surface area contributed by atoms with Crippen LogP contribution in [0.3, 0.4) is 0 Å². The van der Waals surface area contributed by atoms with Crippen molar-refractivity contribution in [3.8, 4) is 5.75 Å². The topological polar surface area (TPSA) is 9.23 Å². The Labute approximate surface area is 176 Å². The Bertz CT molecular complexity index is 601. The second-order valence-corrected chi connectivity index (χ2v) is 9.55. The highest BCUT2D eigenvalue weighted by molar-refractivity contribution is 6.31. The molecule has 0 radical (unpaired) electrons. The number of aryl methyl sites for hydroxylation is 1. The van der Waals surface area contributed by atoms with Crippen molar-refractivity contribution in [1.29, 1.82) is 0 Å². The predicted molar refractivity (Wildman–Crippen MR) is 117 cm³/mol. The van der Waals surface area contributed by atoms with Crippen LogP contribution in [-0.2, 0) is 6.42 Å². The zero-order valence-corrected chi connectivity index (χ0v) is 18.6. The van der Waals surface area contributed by atoms with Gasteiger partial charge in [0.2, 0.25) is 0 Å². The molecule has 3 rings (SSSR count). The molecule has 2 saturated carbocycles. The van der Waals surface area contributed by atoms with Crippen LogP contribution in [0.15, 0.2) is 12.1 Å². The van der Waals surface area contributed by atoms with Crippen LogP contribution in [-0.4, -0.2) is 6.61 Å². The van der Waals surface area contributed by atoms with Gasteiger partial charge in [-0.2, -0.15) is 0 Å². The molecule has 1 aromatic rings. The van der Waals surface area contributed by atoms with Crippen LogP contribution in [0.5, 0.6) is 5.75 Å². The van der Waals surface area contributed by atoms with E-state index in [1.165, 1.54) is 64.2 Å². The Morgan fingerprint density at radius 2 is 1.46 bits per heavy atom. The van der Waals surface area contributed by atoms with Gasteiger partial charge in [0.15, 0.2) is 11.6 Å². The van der Waals surface area contributed by atoms with Crippen LogP contribution in [0.25, 0.3) is 0 Å². The van der Waals surface area contributed by atoms with Crippen LogP contribution >= 0.6 is 11.6 Å². The Morgan fingerprint density at radius 1 is 0.893 bits per heavy atom. The number of hydrogen-bond acceptors (Lipinski definition) is 1. The van der Waals surface area contributed by atoms with Gasteiger partial charge in [-0.3, -0.25) is 0 Å². The molecular formula is C25H38ClFO. The Balaban J connectivity index is 1.42. The maximum Gasteiger partial charge on any atom is 0.183 e. The highest BCUT2D eigenvalue weighted by Crippen LogP contribution is 2.43. The van der Waals surface area contributed by atoms with Crippen molar-refractivity contribution < 1.29 is 9.13 Å². The molecule has 2 aliphatic rings. The molecule has 0 unspecified atom stereocenters. The lowest BCUT2D eigenvalue weighted by Crippen LogP contribution is -2.26. The minimum atomic E-state index is -0.400. The lowest BCUT2D eigenvalue weighted by Gasteiger charge is -2.38. The van der Waals surface area contributed by atoms with E-state index in [2.05, 4.69) is 6.92 Å². The van der Waals surface area contributed by atoms with Gasteiger partial charge in [-0.25, -0.2) is 4.39 Å². The molecule has 2 fully saturated rings. The fourth-order valence-electron chi connectivity index (χ4n) is 5.70. The maximum absolute atomic E-state index is 14.3. The number of hydrogen-bond donors (Lipinski definition) is 0. The first-order valence-corrected chi connectivity index (χ1v) is 12.1. The molecule has 158 valence electrons. The third kappa shape index (κ3) is 5.65. The van der Waals surface area contributed by atoms with E-state index >= 15 is 0 Å². The first kappa shape index (κ1) is 21.9. The molecule has 0 amide bonds. The van der Waals surface area contributed by atoms with Gasteiger partial charge in [0.1, 0.15) is 0 Å². The van der Waals surface area contributed by atoms with Crippen LogP contribution in [0.2, 0.25) is 5.02 Å². The number of benzene rings is 1. The van der Waals surface area contributed by atoms with Crippen molar-refractivity contribution in [1.82, 2.24) is 0 Å². The summed E-state index contributed by atoms with van der Waals surface area (Å²) in [5.41, 5.74) is 0.930. The minimum Gasteiger partial charge on any atom is -0.491 e. The summed E-state index contributed by atoms with van der Waals surface area (Å²) in [4.78, 5) is 0. The van der Waals surface area contributed by atoms with Crippen molar-refractivity contribution in [2.45, 2.75) is 90.9 Å². The molecule has 28 heavy (non-hydrogen) atoms. The zero-order chi connectivity index (χ0) is 19.9. The van der Waals surface area contributed by atoms with E-state index in [0.29, 0.717) is 6.61 Å². The maximum atomic E-state index is 14.3. The molecular weight excluding hydrogens is 371 g/mol. The fraction of sp³-hybridized carbons (Fsp3) is 0.760. The van der Waals surface area contributed by atoms with Crippen LogP contribution < -0.4 is 4.74 Å². The van der Waals surface area contributed by atoms with E-state index < -0.39 is 5.82 Å². The molecule has 0 aliphatic heterocycles. The highest BCUT2D eigenvalue weighted by atomic mass is 35.5. The fourth-order valence-corrected chi connectivity index (χ4v) is 5.95. The van der Waals surface area contributed by atoms with Crippen molar-refractivity contribution in [3.63, 3.8) is 0 Å². The zero-order valence-electron chi connectivity index (χ0n) is 17.8. The van der Waals surface area contributed by atoms with E-state index in [1.54, 1.807) is 6.07 Å². The molecule has 0 heterocycles. The molecule has 0 bridgehead atoms. The van der Waals surface area contributed by atoms with Crippen LogP contribution in [0, 0.1) is 29.5 Å². The molecule has 0 spiro atoms. The molecule has 3 heteroatoms. The highest BCUT2D eigenvalue weighted by Gasteiger charge is 2.30. The van der Waals surface area contributed by atoms with E-state index in [4.69, 9.17) is 16.3 Å². The normalized spacial score (nSPS) is 28.3. The van der Waals surface area contributed by atoms with Crippen LogP contribution in [0.1, 0.15) is 90.0 Å². The van der Waals surface area contributed by atoms with Crippen LogP contribution in [0.4, 0.5) is 4.39 Å². The molecule has 1 aromatic carbocycles. The first-order chi connectivity index (χ1) is 13.6. The average molecular weight is 409 g/mol. The van der Waals surface area contributed by atoms with E-state index in [1.807, 2.05) is 13.0 Å². The summed E-state index contributed by atoms with van der Waals surface area (Å²) in [6, 6.07) is 3.67. The molecule has 0 aromatic heterocycles. The second-order valence-electron chi connectivity index (χ2n) is 9.17. The number of rotatable bonds is 8. The summed E-state index contributed by atoms with van der Waals surface area (Å²) in [7, 11) is 0. The van der Waals surface area contributed by atoms with E-state index in [0.717, 1.165) is 42.1 Å². The second kappa shape index (κ2) is 10.9. The molecule has 0 saturated heterocycles. The van der Waals surface area contributed by atoms with Gasteiger partial charge in [0, 0.05) is 0 Å². The van der Waals surface area contributed by atoms with Gasteiger partial charge in [-0.05, 0) is 80.8 Å². The summed E-state index contributed by atoms with van der Waals surface area (Å²) >= 11 is 6.26. The first-order valence-electron chi connectivity index (χ1n) is 11.7. The largest absolute Gasteiger partial charge is 0.491 e. The summed E-state index contributed by atoms with van der Waals surface area (Å²) in [5, 5.41) is 0.253. The third-order valence-electron chi connectivity index (χ3n) is 7.40. The van der Waals surface area contributed by atoms with Gasteiger partial charge >= 0.3 is 0 Å². The smallest absolute Gasteiger partial charge is 0.183 e. The molecule has 2 aliphatic carbocycles. The summed E-state index contributed by atoms with van der Waals surface area (Å²) in [6.07, 6.45) is 16.2. The Kier molecular flexibility index (Phi) is 8.51. The van der Waals surface area contributed by atoms with Gasteiger partial charge in [-0.15, -0.1) is 0 Å². The quantitative estimate of drug-likeness (QED) is 0.420. The third-order valence-corrected chi connectivity index (χ3v) is 7.80. The number of halogens is 2. The summed E-state index contributed by atoms with van der Waals surface area (Å²) < 4.78 is 19.6. The van der Waals surface area contributed by atoms with Gasteiger partial charge in [-0.1, -0.05) is 63.1 Å². The molecule has 0 N–H and O–H groups in total. The van der Waals surface area contributed by atoms with Gasteiger partial charge in [0.05, 0.1) is 11.6 Å². The lowest BCUT2D eigenvalue weighted by atomic mass is 9.68. The standard InChI is InChI=1S/C25H38ClFO/c1-3-5-18-6-11-20(12-7-18)21-13-8-19(9-14-21)10-15-22-16-17-23(28-4-2)25(27)24(22)26/h16-21H,3-15H2,1-2H3/t18-,19-,20-,21-. The van der Waals surface area contributed by atoms with Gasteiger partial charge in [0.25, 0.3) is 0 Å². The van der Waals surface area contributed by atoms with Crippen molar-refractivity contribution in [2.75, 3.05) is 6.61 Å². The van der Waals surface area contributed by atoms with Crippen molar-refractivity contribution in [3.05, 3.63) is 28.5 Å². The average Bonchev–Trinajstić information content (AvgIpc) is 2.72. The SMILES string of the molecule is CCC[C@H]1CC[C@H]([C@H]2CC[C@H](CCc3ccc(OCC)c(F)c3Cl)CC2)CC1.